The number of aliphatic hydroxyl groups is 1. The highest BCUT2D eigenvalue weighted by molar-refractivity contribution is 9.11. The van der Waals surface area contributed by atoms with E-state index in [0.717, 1.165) is 4.47 Å². The molecule has 0 radical (unpaired) electrons. The van der Waals surface area contributed by atoms with Crippen LogP contribution in [0, 0.1) is 0 Å². The van der Waals surface area contributed by atoms with Gasteiger partial charge in [-0.15, -0.1) is 0 Å². The maximum atomic E-state index is 9.55. The molecule has 1 aromatic carbocycles. The van der Waals surface area contributed by atoms with Gasteiger partial charge in [0, 0.05) is 10.0 Å². The van der Waals surface area contributed by atoms with Gasteiger partial charge in [0.2, 0.25) is 0 Å². The number of aromatic hydroxyl groups is 1. The van der Waals surface area contributed by atoms with E-state index in [4.69, 9.17) is 5.11 Å². The summed E-state index contributed by atoms with van der Waals surface area (Å²) in [6, 6.07) is 3.53. The number of rotatable bonds is 2. The van der Waals surface area contributed by atoms with Crippen molar-refractivity contribution in [1.82, 2.24) is 0 Å². The van der Waals surface area contributed by atoms with Crippen LogP contribution in [0.3, 0.4) is 0 Å². The average Bonchev–Trinajstić information content (AvgIpc) is 2.09. The Morgan fingerprint density at radius 2 is 2.00 bits per heavy atom. The van der Waals surface area contributed by atoms with Crippen molar-refractivity contribution < 1.29 is 10.2 Å². The van der Waals surface area contributed by atoms with E-state index in [2.05, 4.69) is 31.9 Å². The average molecular weight is 308 g/mol. The van der Waals surface area contributed by atoms with Crippen LogP contribution in [0.2, 0.25) is 0 Å². The summed E-state index contributed by atoms with van der Waals surface area (Å²) in [4.78, 5) is 0. The fraction of sp³-hybridized carbons (Fsp3) is 0.111. The van der Waals surface area contributed by atoms with Crippen molar-refractivity contribution in [3.05, 3.63) is 32.7 Å². The van der Waals surface area contributed by atoms with E-state index in [1.807, 2.05) is 0 Å². The molecule has 13 heavy (non-hydrogen) atoms. The van der Waals surface area contributed by atoms with Gasteiger partial charge in [0.25, 0.3) is 0 Å². The molecule has 0 aliphatic heterocycles. The van der Waals surface area contributed by atoms with Crippen molar-refractivity contribution >= 4 is 37.9 Å². The summed E-state index contributed by atoms with van der Waals surface area (Å²) in [7, 11) is 0. The molecule has 70 valence electrons. The van der Waals surface area contributed by atoms with Crippen LogP contribution < -0.4 is 0 Å². The van der Waals surface area contributed by atoms with E-state index in [9.17, 15) is 5.11 Å². The van der Waals surface area contributed by atoms with Crippen molar-refractivity contribution in [2.75, 3.05) is 6.61 Å². The van der Waals surface area contributed by atoms with Crippen LogP contribution >= 0.6 is 31.9 Å². The summed E-state index contributed by atoms with van der Waals surface area (Å²) in [6.45, 7) is -0.0381. The van der Waals surface area contributed by atoms with Crippen LogP contribution in [0.15, 0.2) is 27.2 Å². The second-order valence-corrected chi connectivity index (χ2v) is 4.18. The van der Waals surface area contributed by atoms with Crippen LogP contribution in [-0.2, 0) is 0 Å². The Bertz CT molecular complexity index is 335. The monoisotopic (exact) mass is 306 g/mol. The third-order valence-corrected chi connectivity index (χ3v) is 2.52. The Morgan fingerprint density at radius 1 is 1.31 bits per heavy atom. The lowest BCUT2D eigenvalue weighted by Gasteiger charge is -2.02. The molecule has 0 spiro atoms. The van der Waals surface area contributed by atoms with Crippen molar-refractivity contribution in [1.29, 1.82) is 0 Å². The molecule has 0 saturated carbocycles. The second-order valence-electron chi connectivity index (χ2n) is 2.41. The van der Waals surface area contributed by atoms with E-state index < -0.39 is 0 Å². The zero-order chi connectivity index (χ0) is 9.84. The van der Waals surface area contributed by atoms with Gasteiger partial charge >= 0.3 is 0 Å². The van der Waals surface area contributed by atoms with Crippen LogP contribution in [0.1, 0.15) is 5.56 Å². The van der Waals surface area contributed by atoms with Crippen LogP contribution in [-0.4, -0.2) is 16.8 Å². The molecule has 0 aromatic heterocycles. The van der Waals surface area contributed by atoms with Gasteiger partial charge < -0.3 is 10.2 Å². The first-order valence-corrected chi connectivity index (χ1v) is 5.19. The minimum atomic E-state index is -0.0381. The van der Waals surface area contributed by atoms with E-state index >= 15 is 0 Å². The zero-order valence-electron chi connectivity index (χ0n) is 6.67. The first-order chi connectivity index (χ1) is 6.15. The lowest BCUT2D eigenvalue weighted by Crippen LogP contribution is -1.79. The molecule has 0 heterocycles. The molecule has 1 aromatic rings. The molecule has 0 aliphatic rings. The minimum Gasteiger partial charge on any atom is -0.506 e. The van der Waals surface area contributed by atoms with E-state index in [-0.39, 0.29) is 12.4 Å². The summed E-state index contributed by atoms with van der Waals surface area (Å²) in [5, 5.41) is 18.1. The summed E-state index contributed by atoms with van der Waals surface area (Å²) < 4.78 is 1.49. The Morgan fingerprint density at radius 3 is 2.62 bits per heavy atom. The molecule has 2 N–H and O–H groups in total. The first kappa shape index (κ1) is 10.8. The highest BCUT2D eigenvalue weighted by Gasteiger charge is 2.03. The fourth-order valence-corrected chi connectivity index (χ4v) is 2.15. The predicted molar refractivity (Wildman–Crippen MR) is 59.6 cm³/mol. The molecule has 0 fully saturated rings. The predicted octanol–water partition coefficient (Wildman–Crippen LogP) is 2.92. The Hall–Kier alpha value is -0.320. The Kier molecular flexibility index (Phi) is 3.96. The highest BCUT2D eigenvalue weighted by atomic mass is 79.9. The highest BCUT2D eigenvalue weighted by Crippen LogP contribution is 2.32. The summed E-state index contributed by atoms with van der Waals surface area (Å²) in [5.74, 6) is 0.174. The van der Waals surface area contributed by atoms with Gasteiger partial charge in [-0.2, -0.15) is 0 Å². The number of benzene rings is 1. The summed E-state index contributed by atoms with van der Waals surface area (Å²) >= 11 is 6.51. The van der Waals surface area contributed by atoms with Crippen molar-refractivity contribution in [3.63, 3.8) is 0 Å². The second kappa shape index (κ2) is 4.79. The normalized spacial score (nSPS) is 11.0. The van der Waals surface area contributed by atoms with Gasteiger partial charge in [-0.25, -0.2) is 0 Å². The largest absolute Gasteiger partial charge is 0.506 e. The quantitative estimate of drug-likeness (QED) is 0.882. The van der Waals surface area contributed by atoms with Crippen molar-refractivity contribution in [2.24, 2.45) is 0 Å². The van der Waals surface area contributed by atoms with Crippen molar-refractivity contribution in [3.8, 4) is 5.75 Å². The first-order valence-electron chi connectivity index (χ1n) is 3.60. The third kappa shape index (κ3) is 2.83. The Labute approximate surface area is 93.2 Å². The number of halogens is 2. The van der Waals surface area contributed by atoms with E-state index in [1.54, 1.807) is 24.3 Å². The molecule has 1 rings (SSSR count). The van der Waals surface area contributed by atoms with Gasteiger partial charge in [0.05, 0.1) is 11.1 Å². The molecule has 0 aliphatic carbocycles. The van der Waals surface area contributed by atoms with Gasteiger partial charge in [-0.3, -0.25) is 0 Å². The van der Waals surface area contributed by atoms with Gasteiger partial charge in [-0.1, -0.05) is 28.1 Å². The lowest BCUT2D eigenvalue weighted by atomic mass is 10.2. The number of phenolic OH excluding ortho intramolecular Hbond substituents is 1. The number of phenols is 1. The van der Waals surface area contributed by atoms with Crippen LogP contribution in [0.5, 0.6) is 5.75 Å². The molecule has 0 unspecified atom stereocenters. The standard InChI is InChI=1S/C9H8Br2O2/c10-7-4-6(2-1-3-12)9(13)8(11)5-7/h1-2,4-5,12-13H,3H2. The van der Waals surface area contributed by atoms with Crippen LogP contribution in [0.4, 0.5) is 0 Å². The van der Waals surface area contributed by atoms with Gasteiger partial charge in [0.15, 0.2) is 0 Å². The van der Waals surface area contributed by atoms with Crippen molar-refractivity contribution in [2.45, 2.75) is 0 Å². The van der Waals surface area contributed by atoms with Gasteiger partial charge in [-0.05, 0) is 28.1 Å². The maximum absolute atomic E-state index is 9.55. The van der Waals surface area contributed by atoms with Crippen LogP contribution in [0.25, 0.3) is 6.08 Å². The fourth-order valence-electron chi connectivity index (χ4n) is 0.893. The molecular weight excluding hydrogens is 300 g/mol. The molecule has 0 saturated heterocycles. The smallest absolute Gasteiger partial charge is 0.137 e. The molecule has 0 amide bonds. The number of hydrogen-bond acceptors (Lipinski definition) is 2. The molecule has 0 atom stereocenters. The zero-order valence-corrected chi connectivity index (χ0v) is 9.84. The van der Waals surface area contributed by atoms with E-state index in [0.29, 0.717) is 10.0 Å². The summed E-state index contributed by atoms with van der Waals surface area (Å²) in [6.07, 6.45) is 3.22. The maximum Gasteiger partial charge on any atom is 0.137 e. The minimum absolute atomic E-state index is 0.0381. The SMILES string of the molecule is OCC=Cc1cc(Br)cc(Br)c1O. The molecule has 4 heteroatoms. The third-order valence-electron chi connectivity index (χ3n) is 1.46. The lowest BCUT2D eigenvalue weighted by molar-refractivity contribution is 0.343. The van der Waals surface area contributed by atoms with E-state index in [1.165, 1.54) is 0 Å². The van der Waals surface area contributed by atoms with Gasteiger partial charge in [0.1, 0.15) is 5.75 Å². The number of aliphatic hydroxyl groups excluding tert-OH is 1. The molecular formula is C9H8Br2O2. The number of hydrogen-bond donors (Lipinski definition) is 2. The molecule has 2 nitrogen and oxygen atoms in total. The molecule has 0 bridgehead atoms. The summed E-state index contributed by atoms with van der Waals surface area (Å²) in [5.41, 5.74) is 0.662. The Balaban J connectivity index is 3.12. The topological polar surface area (TPSA) is 40.5 Å².